The van der Waals surface area contributed by atoms with Crippen LogP contribution in [0.5, 0.6) is 11.5 Å². The van der Waals surface area contributed by atoms with Crippen molar-refractivity contribution in [3.05, 3.63) is 24.3 Å². The van der Waals surface area contributed by atoms with Crippen molar-refractivity contribution in [2.75, 3.05) is 26.9 Å². The van der Waals surface area contributed by atoms with Crippen LogP contribution >= 0.6 is 0 Å². The minimum absolute atomic E-state index is 0.132. The number of aliphatic hydroxyl groups excluding tert-OH is 1. The van der Waals surface area contributed by atoms with E-state index in [2.05, 4.69) is 5.32 Å². The van der Waals surface area contributed by atoms with Gasteiger partial charge < -0.3 is 19.9 Å². The van der Waals surface area contributed by atoms with Crippen LogP contribution in [-0.2, 0) is 0 Å². The summed E-state index contributed by atoms with van der Waals surface area (Å²) in [7, 11) is 1.65. The van der Waals surface area contributed by atoms with Gasteiger partial charge in [0.15, 0.2) is 0 Å². The van der Waals surface area contributed by atoms with E-state index in [1.165, 1.54) is 0 Å². The van der Waals surface area contributed by atoms with Crippen molar-refractivity contribution in [1.29, 1.82) is 0 Å². The van der Waals surface area contributed by atoms with E-state index in [-0.39, 0.29) is 12.1 Å². The Morgan fingerprint density at radius 1 is 1.28 bits per heavy atom. The Hall–Kier alpha value is -1.26. The van der Waals surface area contributed by atoms with Gasteiger partial charge in [0.05, 0.1) is 20.3 Å². The van der Waals surface area contributed by atoms with E-state index in [0.717, 1.165) is 37.3 Å². The molecule has 0 aromatic heterocycles. The lowest BCUT2D eigenvalue weighted by molar-refractivity contribution is 0.146. The Morgan fingerprint density at radius 2 is 2.00 bits per heavy atom. The van der Waals surface area contributed by atoms with Crippen molar-refractivity contribution in [1.82, 2.24) is 5.32 Å². The van der Waals surface area contributed by atoms with Gasteiger partial charge in [-0.1, -0.05) is 0 Å². The number of rotatable bonds is 6. The molecule has 0 amide bonds. The zero-order valence-electron chi connectivity index (χ0n) is 10.8. The molecule has 18 heavy (non-hydrogen) atoms. The second-order valence-electron chi connectivity index (χ2n) is 4.74. The van der Waals surface area contributed by atoms with Crippen molar-refractivity contribution < 1.29 is 14.6 Å². The molecule has 1 aromatic carbocycles. The molecular formula is C14H21NO3. The third-order valence-electron chi connectivity index (χ3n) is 3.54. The molecule has 4 nitrogen and oxygen atoms in total. The molecule has 0 radical (unpaired) electrons. The SMILES string of the molecule is COc1ccc(OCCC2(CO)CCCN2)cc1. The van der Waals surface area contributed by atoms with Gasteiger partial charge in [-0.05, 0) is 43.7 Å². The molecule has 1 fully saturated rings. The normalized spacial score (nSPS) is 23.0. The highest BCUT2D eigenvalue weighted by molar-refractivity contribution is 5.31. The summed E-state index contributed by atoms with van der Waals surface area (Å²) in [5, 5.41) is 12.8. The maximum Gasteiger partial charge on any atom is 0.119 e. The quantitative estimate of drug-likeness (QED) is 0.806. The standard InChI is InChI=1S/C14H21NO3/c1-17-12-3-5-13(6-4-12)18-10-8-14(11-16)7-2-9-15-14/h3-6,15-16H,2,7-11H2,1H3. The van der Waals surface area contributed by atoms with Gasteiger partial charge in [-0.3, -0.25) is 0 Å². The number of hydrogen-bond acceptors (Lipinski definition) is 4. The second-order valence-corrected chi connectivity index (χ2v) is 4.74. The van der Waals surface area contributed by atoms with Crippen LogP contribution in [0.2, 0.25) is 0 Å². The first kappa shape index (κ1) is 13.2. The van der Waals surface area contributed by atoms with Crippen LogP contribution in [0.1, 0.15) is 19.3 Å². The van der Waals surface area contributed by atoms with Crippen LogP contribution in [0.15, 0.2) is 24.3 Å². The van der Waals surface area contributed by atoms with Crippen LogP contribution in [-0.4, -0.2) is 37.5 Å². The van der Waals surface area contributed by atoms with Crippen LogP contribution in [0.3, 0.4) is 0 Å². The molecule has 1 aliphatic heterocycles. The highest BCUT2D eigenvalue weighted by Crippen LogP contribution is 2.23. The van der Waals surface area contributed by atoms with Gasteiger partial charge in [0, 0.05) is 12.0 Å². The van der Waals surface area contributed by atoms with E-state index in [1.807, 2.05) is 24.3 Å². The van der Waals surface area contributed by atoms with Crippen LogP contribution < -0.4 is 14.8 Å². The smallest absolute Gasteiger partial charge is 0.119 e. The largest absolute Gasteiger partial charge is 0.497 e. The molecule has 0 saturated carbocycles. The third kappa shape index (κ3) is 3.15. The van der Waals surface area contributed by atoms with E-state index in [4.69, 9.17) is 9.47 Å². The maximum absolute atomic E-state index is 9.45. The first-order valence-corrected chi connectivity index (χ1v) is 6.41. The Bertz CT molecular complexity index is 358. The molecule has 1 atom stereocenters. The zero-order valence-corrected chi connectivity index (χ0v) is 10.8. The minimum Gasteiger partial charge on any atom is -0.497 e. The number of methoxy groups -OCH3 is 1. The predicted molar refractivity (Wildman–Crippen MR) is 70.2 cm³/mol. The molecule has 0 aliphatic carbocycles. The number of nitrogens with one attached hydrogen (secondary N) is 1. The molecule has 1 aromatic rings. The van der Waals surface area contributed by atoms with Gasteiger partial charge >= 0.3 is 0 Å². The molecule has 2 N–H and O–H groups in total. The molecule has 2 rings (SSSR count). The van der Waals surface area contributed by atoms with E-state index in [0.29, 0.717) is 6.61 Å². The Balaban J connectivity index is 1.80. The number of ether oxygens (including phenoxy) is 2. The van der Waals surface area contributed by atoms with Crippen molar-refractivity contribution >= 4 is 0 Å². The van der Waals surface area contributed by atoms with Crippen molar-refractivity contribution in [3.63, 3.8) is 0 Å². The van der Waals surface area contributed by atoms with E-state index < -0.39 is 0 Å². The van der Waals surface area contributed by atoms with E-state index in [1.54, 1.807) is 7.11 Å². The van der Waals surface area contributed by atoms with Gasteiger partial charge in [0.25, 0.3) is 0 Å². The topological polar surface area (TPSA) is 50.7 Å². The van der Waals surface area contributed by atoms with Crippen molar-refractivity contribution in [3.8, 4) is 11.5 Å². The summed E-state index contributed by atoms with van der Waals surface area (Å²) in [6, 6.07) is 7.55. The molecule has 100 valence electrons. The van der Waals surface area contributed by atoms with Crippen molar-refractivity contribution in [2.24, 2.45) is 0 Å². The Kier molecular flexibility index (Phi) is 4.44. The highest BCUT2D eigenvalue weighted by Gasteiger charge is 2.32. The van der Waals surface area contributed by atoms with Crippen LogP contribution in [0.25, 0.3) is 0 Å². The number of benzene rings is 1. The summed E-state index contributed by atoms with van der Waals surface area (Å²) in [6.07, 6.45) is 2.98. The molecule has 0 bridgehead atoms. The van der Waals surface area contributed by atoms with Crippen LogP contribution in [0, 0.1) is 0 Å². The van der Waals surface area contributed by atoms with Gasteiger partial charge in [0.1, 0.15) is 11.5 Å². The average Bonchev–Trinajstić information content (AvgIpc) is 2.89. The minimum atomic E-state index is -0.132. The van der Waals surface area contributed by atoms with E-state index >= 15 is 0 Å². The summed E-state index contributed by atoms with van der Waals surface area (Å²) in [4.78, 5) is 0. The third-order valence-corrected chi connectivity index (χ3v) is 3.54. The lowest BCUT2D eigenvalue weighted by Gasteiger charge is -2.26. The van der Waals surface area contributed by atoms with Gasteiger partial charge in [-0.15, -0.1) is 0 Å². The summed E-state index contributed by atoms with van der Waals surface area (Å²) in [5.74, 6) is 1.66. The first-order valence-electron chi connectivity index (χ1n) is 6.41. The molecular weight excluding hydrogens is 230 g/mol. The fraction of sp³-hybridized carbons (Fsp3) is 0.571. The molecule has 1 heterocycles. The molecule has 4 heteroatoms. The van der Waals surface area contributed by atoms with Gasteiger partial charge in [-0.2, -0.15) is 0 Å². The summed E-state index contributed by atoms with van der Waals surface area (Å²) >= 11 is 0. The van der Waals surface area contributed by atoms with Gasteiger partial charge in [-0.25, -0.2) is 0 Å². The highest BCUT2D eigenvalue weighted by atomic mass is 16.5. The second kappa shape index (κ2) is 6.07. The summed E-state index contributed by atoms with van der Waals surface area (Å²) in [6.45, 7) is 1.78. The molecule has 1 unspecified atom stereocenters. The van der Waals surface area contributed by atoms with Crippen molar-refractivity contribution in [2.45, 2.75) is 24.8 Å². The predicted octanol–water partition coefficient (Wildman–Crippen LogP) is 1.58. The Labute approximate surface area is 108 Å². The monoisotopic (exact) mass is 251 g/mol. The lowest BCUT2D eigenvalue weighted by atomic mass is 9.95. The molecule has 1 aliphatic rings. The fourth-order valence-corrected chi connectivity index (χ4v) is 2.33. The average molecular weight is 251 g/mol. The van der Waals surface area contributed by atoms with Gasteiger partial charge in [0.2, 0.25) is 0 Å². The summed E-state index contributed by atoms with van der Waals surface area (Å²) < 4.78 is 10.8. The van der Waals surface area contributed by atoms with Crippen LogP contribution in [0.4, 0.5) is 0 Å². The zero-order chi connectivity index (χ0) is 12.8. The lowest BCUT2D eigenvalue weighted by Crippen LogP contribution is -2.44. The first-order chi connectivity index (χ1) is 8.78. The number of hydrogen-bond donors (Lipinski definition) is 2. The summed E-state index contributed by atoms with van der Waals surface area (Å²) in [5.41, 5.74) is -0.132. The molecule has 0 spiro atoms. The Morgan fingerprint density at radius 3 is 2.56 bits per heavy atom. The maximum atomic E-state index is 9.45. The number of aliphatic hydroxyl groups is 1. The van der Waals surface area contributed by atoms with E-state index in [9.17, 15) is 5.11 Å². The molecule has 1 saturated heterocycles. The fourth-order valence-electron chi connectivity index (χ4n) is 2.33.